The van der Waals surface area contributed by atoms with Gasteiger partial charge < -0.3 is 25.0 Å². The Hall–Kier alpha value is -3.29. The summed E-state index contributed by atoms with van der Waals surface area (Å²) < 4.78 is 24.0. The molecule has 2 rings (SSSR count). The molecule has 0 fully saturated rings. The van der Waals surface area contributed by atoms with Crippen molar-refractivity contribution in [2.24, 2.45) is 0 Å². The quantitative estimate of drug-likeness (QED) is 0.615. The van der Waals surface area contributed by atoms with Crippen molar-refractivity contribution < 1.29 is 23.5 Å². The Morgan fingerprint density at radius 2 is 1.70 bits per heavy atom. The van der Waals surface area contributed by atoms with E-state index in [0.717, 1.165) is 5.56 Å². The van der Waals surface area contributed by atoms with E-state index in [9.17, 15) is 14.0 Å². The Morgan fingerprint density at radius 1 is 1.00 bits per heavy atom. The van der Waals surface area contributed by atoms with Gasteiger partial charge in [0.1, 0.15) is 5.82 Å². The molecule has 0 spiro atoms. The van der Waals surface area contributed by atoms with Crippen LogP contribution in [-0.4, -0.2) is 57.7 Å². The third-order valence-electron chi connectivity index (χ3n) is 4.65. The molecule has 0 unspecified atom stereocenters. The van der Waals surface area contributed by atoms with Crippen molar-refractivity contribution >= 4 is 11.9 Å². The van der Waals surface area contributed by atoms with Crippen LogP contribution >= 0.6 is 0 Å². The number of carbonyl (C=O) groups is 2. The summed E-state index contributed by atoms with van der Waals surface area (Å²) >= 11 is 0. The predicted octanol–water partition coefficient (Wildman–Crippen LogP) is 2.77. The van der Waals surface area contributed by atoms with E-state index in [2.05, 4.69) is 10.6 Å². The highest BCUT2D eigenvalue weighted by Gasteiger charge is 2.11. The van der Waals surface area contributed by atoms with E-state index in [0.29, 0.717) is 30.0 Å². The number of urea groups is 1. The fourth-order valence-corrected chi connectivity index (χ4v) is 2.75. The second-order valence-corrected chi connectivity index (χ2v) is 6.81. The van der Waals surface area contributed by atoms with Crippen molar-refractivity contribution in [3.05, 3.63) is 58.9 Å². The van der Waals surface area contributed by atoms with Crippen LogP contribution in [0.15, 0.2) is 36.4 Å². The molecule has 0 aliphatic carbocycles. The maximum atomic E-state index is 13.5. The second kappa shape index (κ2) is 11.0. The zero-order chi connectivity index (χ0) is 22.1. The number of hydrogen-bond donors (Lipinski definition) is 2. The van der Waals surface area contributed by atoms with Gasteiger partial charge in [0.15, 0.2) is 11.5 Å². The van der Waals surface area contributed by atoms with Crippen LogP contribution in [0.3, 0.4) is 0 Å². The van der Waals surface area contributed by atoms with Crippen molar-refractivity contribution in [1.29, 1.82) is 0 Å². The molecular weight excluding hydrogens is 389 g/mol. The summed E-state index contributed by atoms with van der Waals surface area (Å²) in [5, 5.41) is 5.40. The smallest absolute Gasteiger partial charge is 0.317 e. The van der Waals surface area contributed by atoms with Gasteiger partial charge in [-0.1, -0.05) is 12.1 Å². The molecule has 7 nitrogen and oxygen atoms in total. The molecule has 0 aliphatic rings. The number of benzene rings is 2. The molecule has 2 N–H and O–H groups in total. The molecule has 0 saturated heterocycles. The average molecular weight is 417 g/mol. The van der Waals surface area contributed by atoms with Crippen LogP contribution in [0.5, 0.6) is 11.5 Å². The molecule has 2 aromatic carbocycles. The summed E-state index contributed by atoms with van der Waals surface area (Å²) in [5.74, 6) is 0.492. The topological polar surface area (TPSA) is 79.9 Å². The number of ether oxygens (including phenoxy) is 2. The van der Waals surface area contributed by atoms with Crippen molar-refractivity contribution in [1.82, 2.24) is 15.5 Å². The molecular formula is C22H28FN3O4. The van der Waals surface area contributed by atoms with Gasteiger partial charge in [0.2, 0.25) is 0 Å². The predicted molar refractivity (Wildman–Crippen MR) is 113 cm³/mol. The number of nitrogens with one attached hydrogen (secondary N) is 2. The lowest BCUT2D eigenvalue weighted by molar-refractivity contribution is 0.0953. The first-order chi connectivity index (χ1) is 14.3. The minimum absolute atomic E-state index is 0.240. The number of halogens is 1. The van der Waals surface area contributed by atoms with Gasteiger partial charge in [-0.3, -0.25) is 4.79 Å². The summed E-state index contributed by atoms with van der Waals surface area (Å²) in [6.07, 6.45) is 0.653. The molecule has 0 radical (unpaired) electrons. The molecule has 0 atom stereocenters. The zero-order valence-corrected chi connectivity index (χ0v) is 17.8. The van der Waals surface area contributed by atoms with Gasteiger partial charge >= 0.3 is 6.03 Å². The van der Waals surface area contributed by atoms with Crippen LogP contribution in [0.4, 0.5) is 9.18 Å². The minimum atomic E-state index is -0.424. The first kappa shape index (κ1) is 23.0. The lowest BCUT2D eigenvalue weighted by atomic mass is 10.1. The number of likely N-dealkylation sites (N-methyl/N-ethyl adjacent to an activating group) is 1. The summed E-state index contributed by atoms with van der Waals surface area (Å²) in [7, 11) is 4.86. The number of carbonyl (C=O) groups excluding carboxylic acids is 2. The van der Waals surface area contributed by atoms with Crippen LogP contribution in [0.1, 0.15) is 21.5 Å². The molecule has 0 saturated carbocycles. The number of nitrogens with zero attached hydrogens (tertiary/aromatic N) is 1. The fourth-order valence-electron chi connectivity index (χ4n) is 2.75. The van der Waals surface area contributed by atoms with Crippen molar-refractivity contribution in [2.45, 2.75) is 13.3 Å². The Balaban J connectivity index is 1.73. The monoisotopic (exact) mass is 417 g/mol. The Labute approximate surface area is 176 Å². The molecule has 162 valence electrons. The van der Waals surface area contributed by atoms with Gasteiger partial charge in [-0.25, -0.2) is 9.18 Å². The molecule has 0 heterocycles. The molecule has 0 bridgehead atoms. The maximum absolute atomic E-state index is 13.5. The van der Waals surface area contributed by atoms with E-state index in [-0.39, 0.29) is 30.6 Å². The van der Waals surface area contributed by atoms with Crippen LogP contribution in [0.25, 0.3) is 0 Å². The number of methoxy groups -OCH3 is 2. The first-order valence-corrected chi connectivity index (χ1v) is 9.60. The summed E-state index contributed by atoms with van der Waals surface area (Å²) in [5.41, 5.74) is 1.75. The number of amides is 3. The molecule has 2 aromatic rings. The van der Waals surface area contributed by atoms with E-state index in [1.807, 2.05) is 18.2 Å². The van der Waals surface area contributed by atoms with Gasteiger partial charge in [0, 0.05) is 32.2 Å². The van der Waals surface area contributed by atoms with Gasteiger partial charge in [-0.2, -0.15) is 0 Å². The third-order valence-corrected chi connectivity index (χ3v) is 4.65. The fraction of sp³-hybridized carbons (Fsp3) is 0.364. The van der Waals surface area contributed by atoms with Crippen LogP contribution in [0.2, 0.25) is 0 Å². The second-order valence-electron chi connectivity index (χ2n) is 6.81. The van der Waals surface area contributed by atoms with E-state index in [4.69, 9.17) is 9.47 Å². The number of aryl methyl sites for hydroxylation is 1. The van der Waals surface area contributed by atoms with Crippen LogP contribution < -0.4 is 20.1 Å². The Kier molecular flexibility index (Phi) is 8.46. The zero-order valence-electron chi connectivity index (χ0n) is 17.8. The van der Waals surface area contributed by atoms with E-state index < -0.39 is 5.82 Å². The summed E-state index contributed by atoms with van der Waals surface area (Å²) in [6, 6.07) is 9.71. The first-order valence-electron chi connectivity index (χ1n) is 9.60. The molecule has 0 aromatic heterocycles. The maximum Gasteiger partial charge on any atom is 0.317 e. The van der Waals surface area contributed by atoms with Gasteiger partial charge in [-0.15, -0.1) is 0 Å². The summed E-state index contributed by atoms with van der Waals surface area (Å²) in [4.78, 5) is 25.8. The average Bonchev–Trinajstić information content (AvgIpc) is 2.76. The van der Waals surface area contributed by atoms with E-state index in [1.54, 1.807) is 45.2 Å². The minimum Gasteiger partial charge on any atom is -0.493 e. The molecule has 0 aliphatic heterocycles. The normalized spacial score (nSPS) is 10.3. The Morgan fingerprint density at radius 3 is 2.37 bits per heavy atom. The van der Waals surface area contributed by atoms with Crippen LogP contribution in [0, 0.1) is 12.7 Å². The lowest BCUT2D eigenvalue weighted by Gasteiger charge is -2.18. The van der Waals surface area contributed by atoms with Crippen molar-refractivity contribution in [2.75, 3.05) is 40.9 Å². The summed E-state index contributed by atoms with van der Waals surface area (Å²) in [6.45, 7) is 2.65. The SMILES string of the molecule is COc1ccc(CCN(C)C(=O)NCCNC(=O)c2ccc(C)c(F)c2)cc1OC. The van der Waals surface area contributed by atoms with E-state index >= 15 is 0 Å². The number of hydrogen-bond acceptors (Lipinski definition) is 4. The highest BCUT2D eigenvalue weighted by atomic mass is 19.1. The highest BCUT2D eigenvalue weighted by molar-refractivity contribution is 5.94. The van der Waals surface area contributed by atoms with Gasteiger partial charge in [0.05, 0.1) is 14.2 Å². The largest absolute Gasteiger partial charge is 0.493 e. The van der Waals surface area contributed by atoms with Gasteiger partial charge in [0.25, 0.3) is 5.91 Å². The third kappa shape index (κ3) is 6.37. The van der Waals surface area contributed by atoms with Crippen molar-refractivity contribution in [3.8, 4) is 11.5 Å². The molecule has 30 heavy (non-hydrogen) atoms. The standard InChI is InChI=1S/C22H28FN3O4/c1-15-5-7-17(14-18(15)23)21(27)24-10-11-25-22(28)26(2)12-9-16-6-8-19(29-3)20(13-16)30-4/h5-8,13-14H,9-12H2,1-4H3,(H,24,27)(H,25,28). The Bertz CT molecular complexity index is 889. The number of rotatable bonds is 9. The van der Waals surface area contributed by atoms with Crippen LogP contribution in [-0.2, 0) is 6.42 Å². The lowest BCUT2D eigenvalue weighted by Crippen LogP contribution is -2.42. The molecule has 3 amide bonds. The van der Waals surface area contributed by atoms with Gasteiger partial charge in [-0.05, 0) is 48.7 Å². The molecule has 8 heteroatoms. The highest BCUT2D eigenvalue weighted by Crippen LogP contribution is 2.27. The van der Waals surface area contributed by atoms with Crippen molar-refractivity contribution in [3.63, 3.8) is 0 Å². The van der Waals surface area contributed by atoms with E-state index in [1.165, 1.54) is 6.07 Å².